The molecule has 1 aliphatic rings. The topological polar surface area (TPSA) is 12.0 Å². The molecule has 0 heterocycles. The van der Waals surface area contributed by atoms with E-state index in [2.05, 4.69) is 50.4 Å². The molecule has 1 aromatic carbocycles. The van der Waals surface area contributed by atoms with Crippen molar-refractivity contribution in [3.05, 3.63) is 35.4 Å². The monoisotopic (exact) mass is 231 g/mol. The smallest absolute Gasteiger partial charge is 0.0294 e. The van der Waals surface area contributed by atoms with Gasteiger partial charge in [-0.05, 0) is 44.6 Å². The average molecular weight is 231 g/mol. The van der Waals surface area contributed by atoms with Crippen molar-refractivity contribution in [2.24, 2.45) is 5.92 Å². The molecular weight excluding hydrogens is 206 g/mol. The van der Waals surface area contributed by atoms with E-state index in [-0.39, 0.29) is 0 Å². The summed E-state index contributed by atoms with van der Waals surface area (Å²) in [6.07, 6.45) is 5.48. The van der Waals surface area contributed by atoms with Crippen LogP contribution in [-0.2, 0) is 0 Å². The van der Waals surface area contributed by atoms with Crippen molar-refractivity contribution in [3.63, 3.8) is 0 Å². The van der Waals surface area contributed by atoms with Gasteiger partial charge in [-0.3, -0.25) is 0 Å². The quantitative estimate of drug-likeness (QED) is 0.818. The summed E-state index contributed by atoms with van der Waals surface area (Å²) in [5.41, 5.74) is 2.78. The van der Waals surface area contributed by atoms with Crippen LogP contribution in [0.15, 0.2) is 24.3 Å². The molecule has 1 saturated carbocycles. The van der Waals surface area contributed by atoms with Crippen LogP contribution in [0, 0.1) is 12.8 Å². The number of hydrogen-bond acceptors (Lipinski definition) is 1. The maximum atomic E-state index is 3.79. The van der Waals surface area contributed by atoms with E-state index in [1.807, 2.05) is 0 Å². The standard InChI is InChI=1S/C16H25N/c1-4-14-8-9-16(11-14)17-13(3)15-7-5-6-12(2)10-15/h5-7,10,13-14,16-17H,4,8-9,11H2,1-3H3/t13-,14?,16?/m1/s1. The van der Waals surface area contributed by atoms with Crippen molar-refractivity contribution in [3.8, 4) is 0 Å². The zero-order valence-electron chi connectivity index (χ0n) is 11.4. The van der Waals surface area contributed by atoms with E-state index in [9.17, 15) is 0 Å². The molecule has 1 nitrogen and oxygen atoms in total. The molecule has 0 aromatic heterocycles. The molecule has 0 bridgehead atoms. The fraction of sp³-hybridized carbons (Fsp3) is 0.625. The van der Waals surface area contributed by atoms with Crippen molar-refractivity contribution in [2.45, 2.75) is 58.5 Å². The second-order valence-corrected chi connectivity index (χ2v) is 5.59. The fourth-order valence-corrected chi connectivity index (χ4v) is 2.99. The Morgan fingerprint density at radius 1 is 1.35 bits per heavy atom. The Morgan fingerprint density at radius 3 is 2.82 bits per heavy atom. The van der Waals surface area contributed by atoms with Crippen LogP contribution >= 0.6 is 0 Å². The summed E-state index contributed by atoms with van der Waals surface area (Å²) in [5, 5.41) is 3.79. The summed E-state index contributed by atoms with van der Waals surface area (Å²) in [5.74, 6) is 0.956. The van der Waals surface area contributed by atoms with Crippen molar-refractivity contribution in [2.75, 3.05) is 0 Å². The molecule has 94 valence electrons. The lowest BCUT2D eigenvalue weighted by atomic mass is 10.0. The van der Waals surface area contributed by atoms with E-state index in [1.165, 1.54) is 36.8 Å². The minimum atomic E-state index is 0.482. The number of hydrogen-bond donors (Lipinski definition) is 1. The maximum absolute atomic E-state index is 3.79. The molecule has 1 heteroatoms. The summed E-state index contributed by atoms with van der Waals surface area (Å²) in [6.45, 7) is 6.77. The van der Waals surface area contributed by atoms with E-state index in [4.69, 9.17) is 0 Å². The summed E-state index contributed by atoms with van der Waals surface area (Å²) >= 11 is 0. The van der Waals surface area contributed by atoms with Gasteiger partial charge < -0.3 is 5.32 Å². The lowest BCUT2D eigenvalue weighted by molar-refractivity contribution is 0.437. The molecule has 0 amide bonds. The van der Waals surface area contributed by atoms with Crippen molar-refractivity contribution in [1.29, 1.82) is 0 Å². The van der Waals surface area contributed by atoms with Gasteiger partial charge in [0.15, 0.2) is 0 Å². The van der Waals surface area contributed by atoms with Gasteiger partial charge in [-0.25, -0.2) is 0 Å². The van der Waals surface area contributed by atoms with Gasteiger partial charge in [0.1, 0.15) is 0 Å². The van der Waals surface area contributed by atoms with Crippen molar-refractivity contribution in [1.82, 2.24) is 5.32 Å². The van der Waals surface area contributed by atoms with E-state index < -0.39 is 0 Å². The number of nitrogens with one attached hydrogen (secondary N) is 1. The zero-order valence-corrected chi connectivity index (χ0v) is 11.4. The highest BCUT2D eigenvalue weighted by Gasteiger charge is 2.24. The normalized spacial score (nSPS) is 26.1. The van der Waals surface area contributed by atoms with Crippen LogP contribution in [0.5, 0.6) is 0 Å². The third-order valence-corrected chi connectivity index (χ3v) is 4.15. The summed E-state index contributed by atoms with van der Waals surface area (Å²) in [7, 11) is 0. The Labute approximate surface area is 106 Å². The van der Waals surface area contributed by atoms with Gasteiger partial charge in [0.25, 0.3) is 0 Å². The molecule has 0 aliphatic heterocycles. The first-order valence-corrected chi connectivity index (χ1v) is 7.01. The highest BCUT2D eigenvalue weighted by atomic mass is 14.9. The van der Waals surface area contributed by atoms with Crippen LogP contribution < -0.4 is 5.32 Å². The summed E-state index contributed by atoms with van der Waals surface area (Å²) in [6, 6.07) is 10.1. The molecule has 0 radical (unpaired) electrons. The van der Waals surface area contributed by atoms with E-state index in [1.54, 1.807) is 0 Å². The molecule has 2 rings (SSSR count). The predicted molar refractivity (Wildman–Crippen MR) is 74.1 cm³/mol. The van der Waals surface area contributed by atoms with Crippen LogP contribution in [-0.4, -0.2) is 6.04 Å². The number of rotatable bonds is 4. The molecule has 1 N–H and O–H groups in total. The zero-order chi connectivity index (χ0) is 12.3. The molecule has 2 unspecified atom stereocenters. The molecule has 0 spiro atoms. The third-order valence-electron chi connectivity index (χ3n) is 4.15. The molecule has 0 saturated heterocycles. The van der Waals surface area contributed by atoms with Crippen LogP contribution in [0.1, 0.15) is 56.7 Å². The van der Waals surface area contributed by atoms with Crippen molar-refractivity contribution >= 4 is 0 Å². The maximum Gasteiger partial charge on any atom is 0.0294 e. The highest BCUT2D eigenvalue weighted by Crippen LogP contribution is 2.29. The summed E-state index contributed by atoms with van der Waals surface area (Å²) < 4.78 is 0. The third kappa shape index (κ3) is 3.32. The summed E-state index contributed by atoms with van der Waals surface area (Å²) in [4.78, 5) is 0. The molecule has 1 fully saturated rings. The molecule has 3 atom stereocenters. The first-order chi connectivity index (χ1) is 8.19. The van der Waals surface area contributed by atoms with Gasteiger partial charge in [0.2, 0.25) is 0 Å². The van der Waals surface area contributed by atoms with Crippen LogP contribution in [0.4, 0.5) is 0 Å². The van der Waals surface area contributed by atoms with Gasteiger partial charge in [-0.1, -0.05) is 43.2 Å². The highest BCUT2D eigenvalue weighted by molar-refractivity contribution is 5.24. The number of benzene rings is 1. The fourth-order valence-electron chi connectivity index (χ4n) is 2.99. The van der Waals surface area contributed by atoms with Gasteiger partial charge in [0, 0.05) is 12.1 Å². The number of aryl methyl sites for hydroxylation is 1. The molecule has 1 aromatic rings. The van der Waals surface area contributed by atoms with Crippen molar-refractivity contribution < 1.29 is 0 Å². The Balaban J connectivity index is 1.91. The lowest BCUT2D eigenvalue weighted by Gasteiger charge is -2.20. The van der Waals surface area contributed by atoms with Crippen LogP contribution in [0.25, 0.3) is 0 Å². The van der Waals surface area contributed by atoms with Crippen LogP contribution in [0.3, 0.4) is 0 Å². The molecular formula is C16H25N. The second kappa shape index (κ2) is 5.68. The first-order valence-electron chi connectivity index (χ1n) is 7.01. The van der Waals surface area contributed by atoms with Gasteiger partial charge in [0.05, 0.1) is 0 Å². The largest absolute Gasteiger partial charge is 0.307 e. The Kier molecular flexibility index (Phi) is 4.22. The van der Waals surface area contributed by atoms with E-state index in [0.717, 1.165) is 12.0 Å². The van der Waals surface area contributed by atoms with E-state index >= 15 is 0 Å². The molecule has 17 heavy (non-hydrogen) atoms. The first kappa shape index (κ1) is 12.6. The van der Waals surface area contributed by atoms with E-state index in [0.29, 0.717) is 6.04 Å². The lowest BCUT2D eigenvalue weighted by Crippen LogP contribution is -2.29. The minimum absolute atomic E-state index is 0.482. The average Bonchev–Trinajstić information content (AvgIpc) is 2.77. The SMILES string of the molecule is CCC1CCC(N[C@H](C)c2cccc(C)c2)C1. The predicted octanol–water partition coefficient (Wildman–Crippen LogP) is 4.22. The minimum Gasteiger partial charge on any atom is -0.307 e. The van der Waals surface area contributed by atoms with Gasteiger partial charge in [-0.15, -0.1) is 0 Å². The van der Waals surface area contributed by atoms with Gasteiger partial charge in [-0.2, -0.15) is 0 Å². The van der Waals surface area contributed by atoms with Crippen LogP contribution in [0.2, 0.25) is 0 Å². The Morgan fingerprint density at radius 2 is 2.18 bits per heavy atom. The Hall–Kier alpha value is -0.820. The molecule has 1 aliphatic carbocycles. The van der Waals surface area contributed by atoms with Gasteiger partial charge >= 0.3 is 0 Å². The Bertz CT molecular complexity index is 358. The second-order valence-electron chi connectivity index (χ2n) is 5.59.